The third-order valence-electron chi connectivity index (χ3n) is 4.02. The zero-order valence-electron chi connectivity index (χ0n) is 11.0. The molecule has 2 unspecified atom stereocenters. The SMILES string of the molecule is COC(=O)/C=C/CC(C)C1(C)CCCCC1=O. The third kappa shape index (κ3) is 3.42. The van der Waals surface area contributed by atoms with Crippen molar-refractivity contribution in [3.63, 3.8) is 0 Å². The van der Waals surface area contributed by atoms with Gasteiger partial charge in [-0.2, -0.15) is 0 Å². The van der Waals surface area contributed by atoms with Crippen LogP contribution in [0.2, 0.25) is 0 Å². The highest BCUT2D eigenvalue weighted by Crippen LogP contribution is 2.40. The summed E-state index contributed by atoms with van der Waals surface area (Å²) in [7, 11) is 1.36. The fourth-order valence-electron chi connectivity index (χ4n) is 2.42. The Morgan fingerprint density at radius 2 is 2.24 bits per heavy atom. The quantitative estimate of drug-likeness (QED) is 0.558. The van der Waals surface area contributed by atoms with Crippen LogP contribution >= 0.6 is 0 Å². The summed E-state index contributed by atoms with van der Waals surface area (Å²) in [6.45, 7) is 4.15. The van der Waals surface area contributed by atoms with Gasteiger partial charge in [0.2, 0.25) is 0 Å². The summed E-state index contributed by atoms with van der Waals surface area (Å²) in [5.74, 6) is 0.316. The largest absolute Gasteiger partial charge is 0.466 e. The first-order valence-electron chi connectivity index (χ1n) is 6.28. The van der Waals surface area contributed by atoms with E-state index in [1.165, 1.54) is 13.2 Å². The van der Waals surface area contributed by atoms with Gasteiger partial charge in [0.15, 0.2) is 0 Å². The summed E-state index contributed by atoms with van der Waals surface area (Å²) < 4.78 is 4.53. The second-order valence-electron chi connectivity index (χ2n) is 5.11. The van der Waals surface area contributed by atoms with Gasteiger partial charge in [0.05, 0.1) is 7.11 Å². The highest BCUT2D eigenvalue weighted by molar-refractivity contribution is 5.85. The molecule has 3 heteroatoms. The molecule has 2 atom stereocenters. The van der Waals surface area contributed by atoms with E-state index in [4.69, 9.17) is 0 Å². The summed E-state index contributed by atoms with van der Waals surface area (Å²) in [5, 5.41) is 0. The minimum atomic E-state index is -0.336. The van der Waals surface area contributed by atoms with Crippen LogP contribution in [0.5, 0.6) is 0 Å². The van der Waals surface area contributed by atoms with Crippen molar-refractivity contribution in [3.8, 4) is 0 Å². The van der Waals surface area contributed by atoms with Gasteiger partial charge in [-0.3, -0.25) is 4.79 Å². The molecule has 1 saturated carbocycles. The molecule has 1 fully saturated rings. The Balaban J connectivity index is 2.56. The smallest absolute Gasteiger partial charge is 0.330 e. The molecular weight excluding hydrogens is 216 g/mol. The molecule has 0 aromatic heterocycles. The number of hydrogen-bond acceptors (Lipinski definition) is 3. The average molecular weight is 238 g/mol. The number of carbonyl (C=O) groups is 2. The van der Waals surface area contributed by atoms with Crippen LogP contribution in [0.3, 0.4) is 0 Å². The van der Waals surface area contributed by atoms with Gasteiger partial charge in [-0.25, -0.2) is 4.79 Å². The summed E-state index contributed by atoms with van der Waals surface area (Å²) >= 11 is 0. The van der Waals surface area contributed by atoms with Crippen molar-refractivity contribution >= 4 is 11.8 Å². The fraction of sp³-hybridized carbons (Fsp3) is 0.714. The molecule has 0 bridgehead atoms. The van der Waals surface area contributed by atoms with E-state index in [-0.39, 0.29) is 17.3 Å². The lowest BCUT2D eigenvalue weighted by Crippen LogP contribution is -2.37. The van der Waals surface area contributed by atoms with Crippen molar-refractivity contribution in [1.29, 1.82) is 0 Å². The fourth-order valence-corrected chi connectivity index (χ4v) is 2.42. The first-order valence-corrected chi connectivity index (χ1v) is 6.28. The van der Waals surface area contributed by atoms with Gasteiger partial charge in [0.25, 0.3) is 0 Å². The summed E-state index contributed by atoms with van der Waals surface area (Å²) in [6.07, 6.45) is 7.83. The Hall–Kier alpha value is -1.12. The van der Waals surface area contributed by atoms with E-state index >= 15 is 0 Å². The standard InChI is InChI=1S/C14H22O3/c1-11(7-6-9-13(16)17-3)14(2)10-5-4-8-12(14)15/h6,9,11H,4-5,7-8,10H2,1-3H3/b9-6+. The molecule has 96 valence electrons. The van der Waals surface area contributed by atoms with Crippen LogP contribution in [0.4, 0.5) is 0 Å². The molecule has 0 heterocycles. The third-order valence-corrected chi connectivity index (χ3v) is 4.02. The summed E-state index contributed by atoms with van der Waals surface area (Å²) in [5.41, 5.74) is -0.210. The van der Waals surface area contributed by atoms with Crippen LogP contribution in [0, 0.1) is 11.3 Å². The van der Waals surface area contributed by atoms with Crippen LogP contribution in [0.15, 0.2) is 12.2 Å². The molecule has 3 nitrogen and oxygen atoms in total. The Bertz CT molecular complexity index is 319. The van der Waals surface area contributed by atoms with Gasteiger partial charge in [-0.1, -0.05) is 26.3 Å². The van der Waals surface area contributed by atoms with Gasteiger partial charge in [0.1, 0.15) is 5.78 Å². The lowest BCUT2D eigenvalue weighted by Gasteiger charge is -2.37. The number of methoxy groups -OCH3 is 1. The van der Waals surface area contributed by atoms with Crippen molar-refractivity contribution < 1.29 is 14.3 Å². The topological polar surface area (TPSA) is 43.4 Å². The van der Waals surface area contributed by atoms with Gasteiger partial charge < -0.3 is 4.74 Å². The maximum absolute atomic E-state index is 12.0. The molecule has 1 aliphatic rings. The number of hydrogen-bond donors (Lipinski definition) is 0. The number of ketones is 1. The molecular formula is C14H22O3. The van der Waals surface area contributed by atoms with E-state index in [9.17, 15) is 9.59 Å². The summed E-state index contributed by atoms with van der Waals surface area (Å²) in [4.78, 5) is 22.9. The molecule has 0 aromatic carbocycles. The maximum atomic E-state index is 12.0. The minimum absolute atomic E-state index is 0.210. The lowest BCUT2D eigenvalue weighted by molar-refractivity contribution is -0.134. The van der Waals surface area contributed by atoms with Crippen LogP contribution in [-0.2, 0) is 14.3 Å². The Labute approximate surface area is 103 Å². The molecule has 0 N–H and O–H groups in total. The van der Waals surface area contributed by atoms with Gasteiger partial charge >= 0.3 is 5.97 Å². The van der Waals surface area contributed by atoms with Crippen LogP contribution in [-0.4, -0.2) is 18.9 Å². The number of esters is 1. The van der Waals surface area contributed by atoms with Crippen LogP contribution in [0.25, 0.3) is 0 Å². The predicted octanol–water partition coefficient (Wildman–Crippen LogP) is 2.89. The predicted molar refractivity (Wildman–Crippen MR) is 66.5 cm³/mol. The molecule has 0 radical (unpaired) electrons. The van der Waals surface area contributed by atoms with Crippen molar-refractivity contribution in [2.45, 2.75) is 46.0 Å². The Kier molecular flexibility index (Phi) is 4.91. The van der Waals surface area contributed by atoms with Crippen molar-refractivity contribution in [1.82, 2.24) is 0 Å². The average Bonchev–Trinajstić information content (AvgIpc) is 2.32. The number of carbonyl (C=O) groups excluding carboxylic acids is 2. The monoisotopic (exact) mass is 238 g/mol. The van der Waals surface area contributed by atoms with Gasteiger partial charge in [-0.05, 0) is 25.2 Å². The molecule has 1 rings (SSSR count). The van der Waals surface area contributed by atoms with E-state index in [1.807, 2.05) is 6.08 Å². The number of allylic oxidation sites excluding steroid dienone is 1. The first-order chi connectivity index (χ1) is 8.00. The van der Waals surface area contributed by atoms with Crippen molar-refractivity contribution in [2.24, 2.45) is 11.3 Å². The number of rotatable bonds is 4. The zero-order chi connectivity index (χ0) is 12.9. The van der Waals surface area contributed by atoms with E-state index in [2.05, 4.69) is 18.6 Å². The summed E-state index contributed by atoms with van der Waals surface area (Å²) in [6, 6.07) is 0. The highest BCUT2D eigenvalue weighted by atomic mass is 16.5. The van der Waals surface area contributed by atoms with Crippen LogP contribution < -0.4 is 0 Å². The van der Waals surface area contributed by atoms with E-state index in [0.717, 1.165) is 25.7 Å². The minimum Gasteiger partial charge on any atom is -0.466 e. The Morgan fingerprint density at radius 3 is 2.82 bits per heavy atom. The van der Waals surface area contributed by atoms with Gasteiger partial charge in [0, 0.05) is 17.9 Å². The second-order valence-corrected chi connectivity index (χ2v) is 5.11. The van der Waals surface area contributed by atoms with Crippen LogP contribution in [0.1, 0.15) is 46.0 Å². The molecule has 0 saturated heterocycles. The van der Waals surface area contributed by atoms with E-state index < -0.39 is 0 Å². The second kappa shape index (κ2) is 5.99. The lowest BCUT2D eigenvalue weighted by atomic mass is 9.66. The Morgan fingerprint density at radius 1 is 1.53 bits per heavy atom. The first kappa shape index (κ1) is 13.9. The molecule has 0 amide bonds. The normalized spacial score (nSPS) is 27.1. The zero-order valence-corrected chi connectivity index (χ0v) is 11.0. The van der Waals surface area contributed by atoms with Crippen molar-refractivity contribution in [3.05, 3.63) is 12.2 Å². The highest BCUT2D eigenvalue weighted by Gasteiger charge is 2.39. The molecule has 0 aliphatic heterocycles. The van der Waals surface area contributed by atoms with Crippen molar-refractivity contribution in [2.75, 3.05) is 7.11 Å². The molecule has 1 aliphatic carbocycles. The number of Topliss-reactive ketones (excluding diaryl/α,β-unsaturated/α-hetero) is 1. The molecule has 17 heavy (non-hydrogen) atoms. The number of ether oxygens (including phenoxy) is 1. The van der Waals surface area contributed by atoms with E-state index in [0.29, 0.717) is 12.2 Å². The van der Waals surface area contributed by atoms with E-state index in [1.54, 1.807) is 0 Å². The maximum Gasteiger partial charge on any atom is 0.330 e. The van der Waals surface area contributed by atoms with Gasteiger partial charge in [-0.15, -0.1) is 0 Å². The molecule has 0 aromatic rings. The molecule has 0 spiro atoms.